The van der Waals surface area contributed by atoms with Crippen LogP contribution in [0.3, 0.4) is 0 Å². The average Bonchev–Trinajstić information content (AvgIpc) is 2.77. The standard InChI is InChI=1S/C11H12N2OS/c1-3-9(7-14)6-10-8(2)12-11-13(10)4-5-15-11/h4-7H,3H2,1-2H3. The fourth-order valence-electron chi connectivity index (χ4n) is 1.48. The normalized spacial score (nSPS) is 12.3. The van der Waals surface area contributed by atoms with E-state index in [0.29, 0.717) is 0 Å². The van der Waals surface area contributed by atoms with Crippen LogP contribution in [0.25, 0.3) is 11.0 Å². The molecule has 0 unspecified atom stereocenters. The van der Waals surface area contributed by atoms with Gasteiger partial charge in [-0.3, -0.25) is 9.20 Å². The van der Waals surface area contributed by atoms with Gasteiger partial charge in [0.05, 0.1) is 11.4 Å². The summed E-state index contributed by atoms with van der Waals surface area (Å²) in [5.74, 6) is 0. The zero-order valence-electron chi connectivity index (χ0n) is 8.73. The van der Waals surface area contributed by atoms with Crippen LogP contribution < -0.4 is 0 Å². The largest absolute Gasteiger partial charge is 0.298 e. The summed E-state index contributed by atoms with van der Waals surface area (Å²) in [5, 5.41) is 1.99. The number of nitrogens with zero attached hydrogens (tertiary/aromatic N) is 2. The fourth-order valence-corrected chi connectivity index (χ4v) is 2.25. The van der Waals surface area contributed by atoms with E-state index in [4.69, 9.17) is 0 Å². The topological polar surface area (TPSA) is 34.4 Å². The number of carbonyl (C=O) groups excluding carboxylic acids is 1. The molecule has 0 spiro atoms. The van der Waals surface area contributed by atoms with E-state index < -0.39 is 0 Å². The lowest BCUT2D eigenvalue weighted by Crippen LogP contribution is -1.88. The van der Waals surface area contributed by atoms with Crippen molar-refractivity contribution in [3.05, 3.63) is 28.5 Å². The van der Waals surface area contributed by atoms with Crippen LogP contribution in [0.2, 0.25) is 0 Å². The van der Waals surface area contributed by atoms with E-state index in [1.807, 2.05) is 35.9 Å². The van der Waals surface area contributed by atoms with Crippen LogP contribution in [0, 0.1) is 6.92 Å². The smallest absolute Gasteiger partial charge is 0.194 e. The van der Waals surface area contributed by atoms with Gasteiger partial charge in [-0.2, -0.15) is 0 Å². The summed E-state index contributed by atoms with van der Waals surface area (Å²) >= 11 is 1.60. The Labute approximate surface area is 92.1 Å². The molecule has 0 atom stereocenters. The molecular formula is C11H12N2OS. The second-order valence-corrected chi connectivity index (χ2v) is 4.20. The van der Waals surface area contributed by atoms with E-state index >= 15 is 0 Å². The first-order valence-corrected chi connectivity index (χ1v) is 5.72. The summed E-state index contributed by atoms with van der Waals surface area (Å²) in [6, 6.07) is 0. The number of imidazole rings is 1. The second-order valence-electron chi connectivity index (χ2n) is 3.33. The zero-order valence-corrected chi connectivity index (χ0v) is 9.54. The Morgan fingerprint density at radius 2 is 2.47 bits per heavy atom. The predicted octanol–water partition coefficient (Wildman–Crippen LogP) is 2.70. The lowest BCUT2D eigenvalue weighted by Gasteiger charge is -1.95. The summed E-state index contributed by atoms with van der Waals surface area (Å²) in [5.41, 5.74) is 2.77. The number of carbonyl (C=O) groups is 1. The molecule has 0 aliphatic rings. The molecular weight excluding hydrogens is 208 g/mol. The van der Waals surface area contributed by atoms with E-state index in [1.165, 1.54) is 0 Å². The average molecular weight is 220 g/mol. The highest BCUT2D eigenvalue weighted by Crippen LogP contribution is 2.19. The molecule has 3 nitrogen and oxygen atoms in total. The number of hydrogen-bond acceptors (Lipinski definition) is 3. The van der Waals surface area contributed by atoms with E-state index in [-0.39, 0.29) is 0 Å². The van der Waals surface area contributed by atoms with Crippen molar-refractivity contribution < 1.29 is 4.79 Å². The van der Waals surface area contributed by atoms with Crippen LogP contribution in [0.15, 0.2) is 17.2 Å². The number of thiazole rings is 1. The molecule has 2 aromatic heterocycles. The quantitative estimate of drug-likeness (QED) is 0.588. The van der Waals surface area contributed by atoms with Crippen molar-refractivity contribution in [1.82, 2.24) is 9.38 Å². The Bertz CT molecular complexity index is 522. The number of aromatic nitrogens is 2. The first-order valence-electron chi connectivity index (χ1n) is 4.84. The Hall–Kier alpha value is -1.42. The molecule has 78 valence electrons. The van der Waals surface area contributed by atoms with E-state index in [1.54, 1.807) is 11.3 Å². The van der Waals surface area contributed by atoms with Crippen molar-refractivity contribution in [2.24, 2.45) is 0 Å². The van der Waals surface area contributed by atoms with Crippen molar-refractivity contribution in [3.63, 3.8) is 0 Å². The Balaban J connectivity index is 2.58. The zero-order chi connectivity index (χ0) is 10.8. The summed E-state index contributed by atoms with van der Waals surface area (Å²) < 4.78 is 2.01. The third kappa shape index (κ3) is 1.72. The first kappa shape index (κ1) is 10.1. The maximum Gasteiger partial charge on any atom is 0.194 e. The Kier molecular flexibility index (Phi) is 2.68. The summed E-state index contributed by atoms with van der Waals surface area (Å²) in [6.45, 7) is 3.94. The number of fused-ring (bicyclic) bond motifs is 1. The molecule has 4 heteroatoms. The molecule has 0 aromatic carbocycles. The second kappa shape index (κ2) is 3.98. The van der Waals surface area contributed by atoms with E-state index in [2.05, 4.69) is 4.98 Å². The molecule has 0 saturated heterocycles. The van der Waals surface area contributed by atoms with Crippen LogP contribution in [-0.4, -0.2) is 15.7 Å². The molecule has 0 saturated carbocycles. The van der Waals surface area contributed by atoms with Crippen molar-refractivity contribution in [2.45, 2.75) is 20.3 Å². The van der Waals surface area contributed by atoms with Crippen LogP contribution in [0.1, 0.15) is 24.7 Å². The summed E-state index contributed by atoms with van der Waals surface area (Å²) in [7, 11) is 0. The number of aryl methyl sites for hydroxylation is 1. The van der Waals surface area contributed by atoms with Gasteiger partial charge in [-0.05, 0) is 25.0 Å². The Morgan fingerprint density at radius 3 is 3.13 bits per heavy atom. The van der Waals surface area contributed by atoms with Gasteiger partial charge >= 0.3 is 0 Å². The highest BCUT2D eigenvalue weighted by atomic mass is 32.1. The van der Waals surface area contributed by atoms with Gasteiger partial charge in [0.15, 0.2) is 4.96 Å². The van der Waals surface area contributed by atoms with Crippen molar-refractivity contribution in [1.29, 1.82) is 0 Å². The molecule has 0 amide bonds. The molecule has 2 rings (SSSR count). The van der Waals surface area contributed by atoms with Crippen molar-refractivity contribution in [2.75, 3.05) is 0 Å². The summed E-state index contributed by atoms with van der Waals surface area (Å²) in [4.78, 5) is 16.1. The van der Waals surface area contributed by atoms with Crippen LogP contribution in [0.5, 0.6) is 0 Å². The van der Waals surface area contributed by atoms with Gasteiger partial charge in [0.2, 0.25) is 0 Å². The van der Waals surface area contributed by atoms with Crippen molar-refractivity contribution >= 4 is 28.7 Å². The van der Waals surface area contributed by atoms with E-state index in [0.717, 1.165) is 34.6 Å². The molecule has 0 radical (unpaired) electrons. The fraction of sp³-hybridized carbons (Fsp3) is 0.273. The van der Waals surface area contributed by atoms with Gasteiger partial charge in [-0.25, -0.2) is 4.98 Å². The summed E-state index contributed by atoms with van der Waals surface area (Å²) in [6.07, 6.45) is 5.55. The number of rotatable bonds is 3. The molecule has 0 bridgehead atoms. The molecule has 2 heterocycles. The molecule has 2 aromatic rings. The van der Waals surface area contributed by atoms with Gasteiger partial charge in [0.1, 0.15) is 6.29 Å². The lowest BCUT2D eigenvalue weighted by atomic mass is 10.2. The lowest BCUT2D eigenvalue weighted by molar-refractivity contribution is -0.104. The van der Waals surface area contributed by atoms with Gasteiger partial charge in [0.25, 0.3) is 0 Å². The van der Waals surface area contributed by atoms with Gasteiger partial charge < -0.3 is 0 Å². The van der Waals surface area contributed by atoms with E-state index in [9.17, 15) is 4.79 Å². The SMILES string of the molecule is CCC(C=O)=Cc1c(C)nc2sccn12. The minimum absolute atomic E-state index is 0.750. The van der Waals surface area contributed by atoms with Crippen LogP contribution >= 0.6 is 11.3 Å². The third-order valence-corrected chi connectivity index (χ3v) is 3.12. The van der Waals surface area contributed by atoms with Gasteiger partial charge in [0, 0.05) is 11.6 Å². The van der Waals surface area contributed by atoms with Gasteiger partial charge in [-0.1, -0.05) is 6.92 Å². The number of aldehydes is 1. The molecule has 0 fully saturated rings. The monoisotopic (exact) mass is 220 g/mol. The molecule has 0 aliphatic heterocycles. The molecule has 0 aliphatic carbocycles. The predicted molar refractivity (Wildman–Crippen MR) is 62.1 cm³/mol. The minimum atomic E-state index is 0.750. The third-order valence-electron chi connectivity index (χ3n) is 2.36. The first-order chi connectivity index (χ1) is 7.26. The molecule has 15 heavy (non-hydrogen) atoms. The number of hydrogen-bond donors (Lipinski definition) is 0. The number of allylic oxidation sites excluding steroid dienone is 1. The van der Waals surface area contributed by atoms with Crippen molar-refractivity contribution in [3.8, 4) is 0 Å². The minimum Gasteiger partial charge on any atom is -0.298 e. The molecule has 0 N–H and O–H groups in total. The van der Waals surface area contributed by atoms with Crippen LogP contribution in [-0.2, 0) is 4.79 Å². The van der Waals surface area contributed by atoms with Gasteiger partial charge in [-0.15, -0.1) is 11.3 Å². The van der Waals surface area contributed by atoms with Crippen LogP contribution in [0.4, 0.5) is 0 Å². The maximum absolute atomic E-state index is 10.8. The highest BCUT2D eigenvalue weighted by Gasteiger charge is 2.07. The maximum atomic E-state index is 10.8. The highest BCUT2D eigenvalue weighted by molar-refractivity contribution is 7.15. The Morgan fingerprint density at radius 1 is 1.67 bits per heavy atom.